The molecule has 0 unspecified atom stereocenters. The number of aromatic nitrogens is 1. The van der Waals surface area contributed by atoms with E-state index < -0.39 is 0 Å². The van der Waals surface area contributed by atoms with Gasteiger partial charge in [0.25, 0.3) is 0 Å². The number of aliphatic hydroxyl groups is 1. The molecule has 4 heteroatoms. The molecule has 1 atom stereocenters. The van der Waals surface area contributed by atoms with E-state index in [1.165, 1.54) is 0 Å². The Morgan fingerprint density at radius 1 is 1.67 bits per heavy atom. The molecule has 0 aliphatic heterocycles. The first-order chi connectivity index (χ1) is 5.65. The molecule has 1 aromatic rings. The van der Waals surface area contributed by atoms with E-state index in [0.29, 0.717) is 11.4 Å². The maximum absolute atomic E-state index is 8.86. The number of hydrogen-bond acceptors (Lipinski definition) is 4. The molecule has 66 valence electrons. The Morgan fingerprint density at radius 2 is 2.33 bits per heavy atom. The predicted octanol–water partition coefficient (Wildman–Crippen LogP) is 0.176. The molecule has 1 aromatic heterocycles. The Hall–Kier alpha value is -1.13. The molecule has 12 heavy (non-hydrogen) atoms. The number of pyridine rings is 1. The largest absolute Gasteiger partial charge is 0.392 e. The third-order valence-electron chi connectivity index (χ3n) is 1.72. The van der Waals surface area contributed by atoms with Gasteiger partial charge >= 0.3 is 0 Å². The standard InChI is InChI=1S/C8H13N3O/c1-5(9)6-2-7(4-12)8(10)11-3-6/h2-3,5,12H,4,9H2,1H3,(H2,10,11)/t5-/m0/s1. The van der Waals surface area contributed by atoms with E-state index in [4.69, 9.17) is 16.6 Å². The Balaban J connectivity index is 3.05. The second-order valence-electron chi connectivity index (χ2n) is 2.76. The van der Waals surface area contributed by atoms with Crippen molar-refractivity contribution < 1.29 is 5.11 Å². The average Bonchev–Trinajstić information content (AvgIpc) is 2.05. The van der Waals surface area contributed by atoms with E-state index >= 15 is 0 Å². The third kappa shape index (κ3) is 1.72. The van der Waals surface area contributed by atoms with E-state index in [9.17, 15) is 0 Å². The van der Waals surface area contributed by atoms with Crippen molar-refractivity contribution in [1.29, 1.82) is 0 Å². The molecule has 0 amide bonds. The predicted molar refractivity (Wildman–Crippen MR) is 47.2 cm³/mol. The van der Waals surface area contributed by atoms with Gasteiger partial charge in [-0.05, 0) is 18.6 Å². The van der Waals surface area contributed by atoms with Crippen molar-refractivity contribution in [2.75, 3.05) is 5.73 Å². The zero-order valence-corrected chi connectivity index (χ0v) is 6.99. The molecule has 1 rings (SSSR count). The van der Waals surface area contributed by atoms with Gasteiger partial charge in [-0.3, -0.25) is 0 Å². The van der Waals surface area contributed by atoms with Crippen LogP contribution in [-0.2, 0) is 6.61 Å². The summed E-state index contributed by atoms with van der Waals surface area (Å²) in [6, 6.07) is 1.69. The smallest absolute Gasteiger partial charge is 0.128 e. The number of hydrogen-bond donors (Lipinski definition) is 3. The second-order valence-corrected chi connectivity index (χ2v) is 2.76. The van der Waals surface area contributed by atoms with Crippen LogP contribution in [0.25, 0.3) is 0 Å². The van der Waals surface area contributed by atoms with Crippen molar-refractivity contribution in [3.63, 3.8) is 0 Å². The Kier molecular flexibility index (Phi) is 2.62. The highest BCUT2D eigenvalue weighted by Crippen LogP contribution is 2.14. The number of nitrogen functional groups attached to an aromatic ring is 1. The highest BCUT2D eigenvalue weighted by atomic mass is 16.3. The summed E-state index contributed by atoms with van der Waals surface area (Å²) in [5, 5.41) is 8.86. The summed E-state index contributed by atoms with van der Waals surface area (Å²) < 4.78 is 0. The molecular weight excluding hydrogens is 154 g/mol. The van der Waals surface area contributed by atoms with Gasteiger partial charge < -0.3 is 16.6 Å². The summed E-state index contributed by atoms with van der Waals surface area (Å²) in [4.78, 5) is 3.91. The van der Waals surface area contributed by atoms with Gasteiger partial charge in [-0.15, -0.1) is 0 Å². The van der Waals surface area contributed by atoms with Crippen molar-refractivity contribution in [2.45, 2.75) is 19.6 Å². The fourth-order valence-corrected chi connectivity index (χ4v) is 0.915. The number of anilines is 1. The summed E-state index contributed by atoms with van der Waals surface area (Å²) in [5.41, 5.74) is 12.6. The van der Waals surface area contributed by atoms with Crippen LogP contribution >= 0.6 is 0 Å². The molecule has 4 nitrogen and oxygen atoms in total. The zero-order chi connectivity index (χ0) is 9.14. The Bertz CT molecular complexity index is 273. The maximum Gasteiger partial charge on any atom is 0.128 e. The molecule has 0 aliphatic rings. The Morgan fingerprint density at radius 3 is 2.83 bits per heavy atom. The van der Waals surface area contributed by atoms with Gasteiger partial charge in [-0.25, -0.2) is 4.98 Å². The molecule has 0 saturated carbocycles. The first-order valence-electron chi connectivity index (χ1n) is 3.76. The fraction of sp³-hybridized carbons (Fsp3) is 0.375. The van der Waals surface area contributed by atoms with Crippen LogP contribution in [0.1, 0.15) is 24.1 Å². The minimum Gasteiger partial charge on any atom is -0.392 e. The summed E-state index contributed by atoms with van der Waals surface area (Å²) in [7, 11) is 0. The topological polar surface area (TPSA) is 85.2 Å². The quantitative estimate of drug-likeness (QED) is 0.586. The van der Waals surface area contributed by atoms with Gasteiger partial charge in [-0.1, -0.05) is 0 Å². The van der Waals surface area contributed by atoms with Crippen molar-refractivity contribution in [3.8, 4) is 0 Å². The van der Waals surface area contributed by atoms with Crippen LogP contribution in [0.3, 0.4) is 0 Å². The third-order valence-corrected chi connectivity index (χ3v) is 1.72. The van der Waals surface area contributed by atoms with Gasteiger partial charge in [0.2, 0.25) is 0 Å². The summed E-state index contributed by atoms with van der Waals surface area (Å²) in [6.07, 6.45) is 1.62. The second kappa shape index (κ2) is 3.51. The summed E-state index contributed by atoms with van der Waals surface area (Å²) in [6.45, 7) is 1.76. The van der Waals surface area contributed by atoms with Crippen LogP contribution in [0.2, 0.25) is 0 Å². The van der Waals surface area contributed by atoms with E-state index in [2.05, 4.69) is 4.98 Å². The highest BCUT2D eigenvalue weighted by molar-refractivity contribution is 5.40. The number of nitrogens with two attached hydrogens (primary N) is 2. The lowest BCUT2D eigenvalue weighted by atomic mass is 10.1. The van der Waals surface area contributed by atoms with Crippen molar-refractivity contribution >= 4 is 5.82 Å². The van der Waals surface area contributed by atoms with Crippen LogP contribution in [0, 0.1) is 0 Å². The average molecular weight is 167 g/mol. The Labute approximate surface area is 71.2 Å². The van der Waals surface area contributed by atoms with Crippen LogP contribution in [0.4, 0.5) is 5.82 Å². The fourth-order valence-electron chi connectivity index (χ4n) is 0.915. The first-order valence-corrected chi connectivity index (χ1v) is 3.76. The SMILES string of the molecule is C[C@H](N)c1cnc(N)c(CO)c1. The monoisotopic (exact) mass is 167 g/mol. The van der Waals surface area contributed by atoms with E-state index in [0.717, 1.165) is 5.56 Å². The first kappa shape index (κ1) is 8.96. The highest BCUT2D eigenvalue weighted by Gasteiger charge is 2.03. The molecule has 0 radical (unpaired) electrons. The summed E-state index contributed by atoms with van der Waals surface area (Å²) >= 11 is 0. The van der Waals surface area contributed by atoms with Crippen LogP contribution in [0.5, 0.6) is 0 Å². The van der Waals surface area contributed by atoms with E-state index in [1.807, 2.05) is 6.92 Å². The van der Waals surface area contributed by atoms with Crippen molar-refractivity contribution in [3.05, 3.63) is 23.4 Å². The van der Waals surface area contributed by atoms with Gasteiger partial charge in [0.15, 0.2) is 0 Å². The van der Waals surface area contributed by atoms with Gasteiger partial charge in [0.1, 0.15) is 5.82 Å². The molecule has 1 heterocycles. The van der Waals surface area contributed by atoms with Crippen molar-refractivity contribution in [1.82, 2.24) is 4.98 Å². The minimum atomic E-state index is -0.0978. The molecule has 0 spiro atoms. The lowest BCUT2D eigenvalue weighted by Crippen LogP contribution is -2.07. The van der Waals surface area contributed by atoms with Crippen LogP contribution in [-0.4, -0.2) is 10.1 Å². The van der Waals surface area contributed by atoms with E-state index in [1.54, 1.807) is 12.3 Å². The molecule has 0 aliphatic carbocycles. The molecule has 5 N–H and O–H groups in total. The molecule has 0 saturated heterocycles. The van der Waals surface area contributed by atoms with E-state index in [-0.39, 0.29) is 12.6 Å². The van der Waals surface area contributed by atoms with Crippen LogP contribution < -0.4 is 11.5 Å². The maximum atomic E-state index is 8.86. The number of nitrogens with zero attached hydrogens (tertiary/aromatic N) is 1. The number of rotatable bonds is 2. The molecular formula is C8H13N3O. The lowest BCUT2D eigenvalue weighted by molar-refractivity contribution is 0.282. The van der Waals surface area contributed by atoms with Gasteiger partial charge in [0.05, 0.1) is 6.61 Å². The van der Waals surface area contributed by atoms with Gasteiger partial charge in [-0.2, -0.15) is 0 Å². The lowest BCUT2D eigenvalue weighted by Gasteiger charge is -2.07. The van der Waals surface area contributed by atoms with Crippen LogP contribution in [0.15, 0.2) is 12.3 Å². The minimum absolute atomic E-state index is 0.0802. The normalized spacial score (nSPS) is 12.9. The summed E-state index contributed by atoms with van der Waals surface area (Å²) in [5.74, 6) is 0.363. The molecule has 0 bridgehead atoms. The van der Waals surface area contributed by atoms with Gasteiger partial charge in [0, 0.05) is 17.8 Å². The molecule has 0 fully saturated rings. The zero-order valence-electron chi connectivity index (χ0n) is 6.99. The number of aliphatic hydroxyl groups excluding tert-OH is 1. The van der Waals surface area contributed by atoms with Crippen molar-refractivity contribution in [2.24, 2.45) is 5.73 Å². The molecule has 0 aromatic carbocycles.